The van der Waals surface area contributed by atoms with E-state index >= 15 is 0 Å². The minimum atomic E-state index is -1.60. The van der Waals surface area contributed by atoms with E-state index in [0.29, 0.717) is 0 Å². The van der Waals surface area contributed by atoms with E-state index in [1.54, 1.807) is 0 Å². The molecular formula is C21H21BrP. The van der Waals surface area contributed by atoms with Crippen LogP contribution < -0.4 is 15.9 Å². The van der Waals surface area contributed by atoms with Crippen LogP contribution in [0.2, 0.25) is 0 Å². The van der Waals surface area contributed by atoms with Crippen LogP contribution in [0.15, 0.2) is 91.0 Å². The van der Waals surface area contributed by atoms with E-state index in [-0.39, 0.29) is 0 Å². The van der Waals surface area contributed by atoms with Crippen LogP contribution in [0, 0.1) is 0 Å². The second kappa shape index (κ2) is 7.90. The molecule has 0 aliphatic carbocycles. The highest BCUT2D eigenvalue weighted by Crippen LogP contribution is 2.55. The third-order valence-corrected chi connectivity index (χ3v) is 9.30. The topological polar surface area (TPSA) is 0 Å². The Morgan fingerprint density at radius 3 is 1.22 bits per heavy atom. The summed E-state index contributed by atoms with van der Waals surface area (Å²) in [4.78, 5) is 0. The standard InChI is InChI=1S/C21H21BrP/c22-17-10-18-23(19-11-4-1-5-12-19,20-13-6-2-7-14-20)21-15-8-3-9-16-21/h1-9,11-16H,10,17-18H2. The maximum absolute atomic E-state index is 3.64. The molecule has 0 bridgehead atoms. The van der Waals surface area contributed by atoms with Crippen LogP contribution in [0.5, 0.6) is 0 Å². The Morgan fingerprint density at radius 1 is 0.565 bits per heavy atom. The summed E-state index contributed by atoms with van der Waals surface area (Å²) in [5, 5.41) is 5.45. The lowest BCUT2D eigenvalue weighted by Gasteiger charge is -2.38. The van der Waals surface area contributed by atoms with Crippen molar-refractivity contribution in [1.82, 2.24) is 0 Å². The summed E-state index contributed by atoms with van der Waals surface area (Å²) in [6.07, 6.45) is 2.36. The Morgan fingerprint density at radius 2 is 0.913 bits per heavy atom. The quantitative estimate of drug-likeness (QED) is 0.425. The molecule has 0 fully saturated rings. The molecule has 0 saturated heterocycles. The van der Waals surface area contributed by atoms with E-state index in [1.165, 1.54) is 28.5 Å². The van der Waals surface area contributed by atoms with Crippen molar-refractivity contribution in [3.05, 3.63) is 91.0 Å². The predicted molar refractivity (Wildman–Crippen MR) is 108 cm³/mol. The zero-order valence-electron chi connectivity index (χ0n) is 13.1. The molecule has 0 amide bonds. The van der Waals surface area contributed by atoms with Gasteiger partial charge in [0.15, 0.2) is 0 Å². The van der Waals surface area contributed by atoms with E-state index in [4.69, 9.17) is 0 Å². The molecule has 0 atom stereocenters. The van der Waals surface area contributed by atoms with Gasteiger partial charge in [-0.2, -0.15) is 0 Å². The molecule has 0 aromatic heterocycles. The van der Waals surface area contributed by atoms with Crippen molar-refractivity contribution in [2.75, 3.05) is 11.5 Å². The number of alkyl halides is 1. The third kappa shape index (κ3) is 3.42. The lowest BCUT2D eigenvalue weighted by molar-refractivity contribution is 1.12. The normalized spacial score (nSPS) is 11.3. The zero-order valence-corrected chi connectivity index (χ0v) is 15.6. The van der Waals surface area contributed by atoms with Crippen LogP contribution in [-0.2, 0) is 0 Å². The maximum Gasteiger partial charge on any atom is 0.00348 e. The average molecular weight is 384 g/mol. The van der Waals surface area contributed by atoms with Crippen molar-refractivity contribution < 1.29 is 0 Å². The van der Waals surface area contributed by atoms with Crippen LogP contribution in [0.25, 0.3) is 0 Å². The molecule has 2 heteroatoms. The molecule has 3 aromatic rings. The molecule has 3 rings (SSSR count). The second-order valence-corrected chi connectivity index (χ2v) is 9.99. The fourth-order valence-corrected chi connectivity index (χ4v) is 8.24. The van der Waals surface area contributed by atoms with Gasteiger partial charge in [0.25, 0.3) is 0 Å². The monoisotopic (exact) mass is 383 g/mol. The van der Waals surface area contributed by atoms with Gasteiger partial charge in [0.1, 0.15) is 0 Å². The zero-order chi connectivity index (χ0) is 16.0. The van der Waals surface area contributed by atoms with Gasteiger partial charge in [0.2, 0.25) is 0 Å². The Labute approximate surface area is 148 Å². The number of halogens is 1. The molecule has 0 heterocycles. The Kier molecular flexibility index (Phi) is 5.65. The van der Waals surface area contributed by atoms with E-state index in [9.17, 15) is 0 Å². The van der Waals surface area contributed by atoms with Gasteiger partial charge in [0, 0.05) is 5.33 Å². The van der Waals surface area contributed by atoms with E-state index < -0.39 is 7.26 Å². The highest BCUT2D eigenvalue weighted by Gasteiger charge is 2.32. The number of hydrogen-bond acceptors (Lipinski definition) is 0. The minimum absolute atomic E-state index is 1.04. The average Bonchev–Trinajstić information content (AvgIpc) is 2.65. The van der Waals surface area contributed by atoms with Crippen LogP contribution in [0.3, 0.4) is 0 Å². The molecule has 0 nitrogen and oxygen atoms in total. The van der Waals surface area contributed by atoms with Crippen LogP contribution >= 0.6 is 23.2 Å². The van der Waals surface area contributed by atoms with Gasteiger partial charge >= 0.3 is 0 Å². The van der Waals surface area contributed by atoms with Gasteiger partial charge < -0.3 is 0 Å². The maximum atomic E-state index is 3.64. The van der Waals surface area contributed by atoms with Crippen LogP contribution in [0.1, 0.15) is 6.42 Å². The molecule has 23 heavy (non-hydrogen) atoms. The second-order valence-electron chi connectivity index (χ2n) is 5.58. The molecule has 0 spiro atoms. The lowest BCUT2D eigenvalue weighted by Crippen LogP contribution is -2.33. The van der Waals surface area contributed by atoms with E-state index in [2.05, 4.69) is 107 Å². The molecular weight excluding hydrogens is 363 g/mol. The summed E-state index contributed by atoms with van der Waals surface area (Å²) in [6.45, 7) is 0. The first kappa shape index (κ1) is 16.4. The van der Waals surface area contributed by atoms with Crippen molar-refractivity contribution in [2.45, 2.75) is 6.42 Å². The van der Waals surface area contributed by atoms with Gasteiger partial charge in [-0.15, -0.1) is 0 Å². The van der Waals surface area contributed by atoms with Crippen LogP contribution in [-0.4, -0.2) is 11.5 Å². The molecule has 0 saturated carbocycles. The first-order valence-electron chi connectivity index (χ1n) is 7.99. The Bertz CT molecular complexity index is 614. The molecule has 3 aromatic carbocycles. The van der Waals surface area contributed by atoms with Crippen molar-refractivity contribution in [2.24, 2.45) is 0 Å². The van der Waals surface area contributed by atoms with E-state index in [1.807, 2.05) is 0 Å². The third-order valence-electron chi connectivity index (χ3n) is 4.22. The van der Waals surface area contributed by atoms with Gasteiger partial charge in [-0.1, -0.05) is 107 Å². The Balaban J connectivity index is 2.25. The molecule has 0 aliphatic rings. The Hall–Kier alpha value is -1.43. The van der Waals surface area contributed by atoms with Crippen molar-refractivity contribution in [3.8, 4) is 0 Å². The SMILES string of the molecule is BrCCC[P](c1ccccc1)(c1ccccc1)c1ccccc1. The van der Waals surface area contributed by atoms with Gasteiger partial charge in [0.05, 0.1) is 0 Å². The molecule has 117 valence electrons. The van der Waals surface area contributed by atoms with Crippen molar-refractivity contribution >= 4 is 39.1 Å². The van der Waals surface area contributed by atoms with Crippen molar-refractivity contribution in [3.63, 3.8) is 0 Å². The number of rotatable bonds is 6. The van der Waals surface area contributed by atoms with Gasteiger partial charge in [-0.3, -0.25) is 0 Å². The smallest absolute Gasteiger partial charge is 0.00348 e. The van der Waals surface area contributed by atoms with Crippen molar-refractivity contribution in [1.29, 1.82) is 0 Å². The lowest BCUT2D eigenvalue weighted by atomic mass is 10.4. The minimum Gasteiger partial charge on any atom is -0.0928 e. The largest absolute Gasteiger partial charge is 0.0928 e. The fourth-order valence-electron chi connectivity index (χ4n) is 3.18. The van der Waals surface area contributed by atoms with E-state index in [0.717, 1.165) is 5.33 Å². The molecule has 1 radical (unpaired) electrons. The number of benzene rings is 3. The summed E-state index contributed by atoms with van der Waals surface area (Å²) < 4.78 is 0. The predicted octanol–water partition coefficient (Wildman–Crippen LogP) is 4.77. The summed E-state index contributed by atoms with van der Waals surface area (Å²) in [5.74, 6) is 0. The van der Waals surface area contributed by atoms with Gasteiger partial charge in [-0.05, 0) is 35.8 Å². The summed E-state index contributed by atoms with van der Waals surface area (Å²) >= 11 is 3.64. The summed E-state index contributed by atoms with van der Waals surface area (Å²) in [7, 11) is -1.60. The molecule has 0 unspecified atom stereocenters. The number of hydrogen-bond donors (Lipinski definition) is 0. The summed E-state index contributed by atoms with van der Waals surface area (Å²) in [5.41, 5.74) is 0. The summed E-state index contributed by atoms with van der Waals surface area (Å²) in [6, 6.07) is 33.2. The first-order chi connectivity index (χ1) is 11.4. The first-order valence-corrected chi connectivity index (χ1v) is 11.1. The van der Waals surface area contributed by atoms with Crippen LogP contribution in [0.4, 0.5) is 0 Å². The highest BCUT2D eigenvalue weighted by molar-refractivity contribution is 9.09. The molecule has 0 aliphatic heterocycles. The highest BCUT2D eigenvalue weighted by atomic mass is 79.9. The fraction of sp³-hybridized carbons (Fsp3) is 0.143. The molecule has 0 N–H and O–H groups in total. The van der Waals surface area contributed by atoms with Gasteiger partial charge in [-0.25, -0.2) is 0 Å².